The highest BCUT2D eigenvalue weighted by molar-refractivity contribution is 5.32. The van der Waals surface area contributed by atoms with Crippen molar-refractivity contribution in [2.24, 2.45) is 29.6 Å². The number of unbranched alkanes of at least 4 members (excludes halogenated alkanes) is 1. The summed E-state index contributed by atoms with van der Waals surface area (Å²) in [6.07, 6.45) is 14.2. The largest absolute Gasteiger partial charge is 0.368 e. The molecule has 0 N–H and O–H groups in total. The van der Waals surface area contributed by atoms with Crippen molar-refractivity contribution >= 4 is 0 Å². The molecule has 29 heavy (non-hydrogen) atoms. The lowest BCUT2D eigenvalue weighted by Crippen LogP contribution is -2.25. The van der Waals surface area contributed by atoms with Gasteiger partial charge in [0.2, 0.25) is 0 Å². The van der Waals surface area contributed by atoms with Crippen molar-refractivity contribution in [2.75, 3.05) is 6.61 Å². The summed E-state index contributed by atoms with van der Waals surface area (Å²) < 4.78 is 34.3. The molecular formula is C26H36F2O. The number of halogens is 2. The molecular weight excluding hydrogens is 366 g/mol. The lowest BCUT2D eigenvalue weighted by molar-refractivity contribution is 0.177. The number of epoxide rings is 1. The first-order valence-electron chi connectivity index (χ1n) is 12.3. The Morgan fingerprint density at radius 2 is 1.48 bits per heavy atom. The van der Waals surface area contributed by atoms with E-state index in [4.69, 9.17) is 4.74 Å². The van der Waals surface area contributed by atoms with Crippen LogP contribution in [-0.2, 0) is 4.74 Å². The molecule has 0 amide bonds. The molecule has 1 saturated heterocycles. The van der Waals surface area contributed by atoms with Crippen LogP contribution in [0.4, 0.5) is 8.78 Å². The Labute approximate surface area is 174 Å². The Morgan fingerprint density at radius 3 is 2.21 bits per heavy atom. The van der Waals surface area contributed by atoms with Gasteiger partial charge in [-0.1, -0.05) is 38.3 Å². The summed E-state index contributed by atoms with van der Waals surface area (Å²) in [6.45, 7) is 2.83. The molecule has 0 radical (unpaired) electrons. The van der Waals surface area contributed by atoms with Gasteiger partial charge in [0.1, 0.15) is 6.10 Å². The van der Waals surface area contributed by atoms with Crippen molar-refractivity contribution < 1.29 is 13.5 Å². The van der Waals surface area contributed by atoms with Crippen molar-refractivity contribution in [3.63, 3.8) is 0 Å². The second kappa shape index (κ2) is 8.29. The van der Waals surface area contributed by atoms with Gasteiger partial charge in [-0.15, -0.1) is 0 Å². The number of hydrogen-bond donors (Lipinski definition) is 0. The van der Waals surface area contributed by atoms with E-state index in [0.717, 1.165) is 42.4 Å². The van der Waals surface area contributed by atoms with E-state index in [2.05, 4.69) is 6.92 Å². The van der Waals surface area contributed by atoms with Crippen LogP contribution < -0.4 is 0 Å². The Bertz CT molecular complexity index is 720. The van der Waals surface area contributed by atoms with E-state index in [9.17, 15) is 8.78 Å². The number of ether oxygens (including phenoxy) is 1. The molecule has 5 atom stereocenters. The van der Waals surface area contributed by atoms with Gasteiger partial charge in [0.25, 0.3) is 0 Å². The summed E-state index contributed by atoms with van der Waals surface area (Å²) in [5, 5.41) is 0. The summed E-state index contributed by atoms with van der Waals surface area (Å²) in [7, 11) is 0. The molecule has 0 aromatic heterocycles. The molecule has 160 valence electrons. The molecule has 0 spiro atoms. The zero-order valence-electron chi connectivity index (χ0n) is 17.8. The molecule has 1 aliphatic heterocycles. The Hall–Kier alpha value is -0.960. The predicted molar refractivity (Wildman–Crippen MR) is 112 cm³/mol. The first-order chi connectivity index (χ1) is 14.2. The standard InChI is InChI=1S/C26H36F2O/c1-2-3-4-16-9-10-22-19(16)11-12-20(22)17-5-7-18(8-6-17)21-13-14-23(24-15-29-24)26(28)25(21)27/h13-14,16-20,22,24H,2-12,15H2,1H3. The third-order valence-corrected chi connectivity index (χ3v) is 8.98. The zero-order chi connectivity index (χ0) is 20.0. The molecule has 1 heterocycles. The summed E-state index contributed by atoms with van der Waals surface area (Å²) >= 11 is 0. The van der Waals surface area contributed by atoms with Crippen molar-refractivity contribution in [1.29, 1.82) is 0 Å². The maximum absolute atomic E-state index is 14.7. The summed E-state index contributed by atoms with van der Waals surface area (Å²) in [5.41, 5.74) is 1.01. The van der Waals surface area contributed by atoms with E-state index in [1.165, 1.54) is 57.8 Å². The fraction of sp³-hybridized carbons (Fsp3) is 0.769. The van der Waals surface area contributed by atoms with E-state index in [1.54, 1.807) is 6.07 Å². The van der Waals surface area contributed by atoms with Crippen LogP contribution in [-0.4, -0.2) is 6.61 Å². The highest BCUT2D eigenvalue weighted by Gasteiger charge is 2.47. The maximum atomic E-state index is 14.7. The van der Waals surface area contributed by atoms with Crippen LogP contribution in [0, 0.1) is 41.2 Å². The van der Waals surface area contributed by atoms with E-state index in [-0.39, 0.29) is 12.0 Å². The average molecular weight is 403 g/mol. The number of benzene rings is 1. The number of fused-ring (bicyclic) bond motifs is 1. The highest BCUT2D eigenvalue weighted by atomic mass is 19.2. The second-order valence-corrected chi connectivity index (χ2v) is 10.4. The van der Waals surface area contributed by atoms with Crippen LogP contribution >= 0.6 is 0 Å². The van der Waals surface area contributed by atoms with Gasteiger partial charge >= 0.3 is 0 Å². The van der Waals surface area contributed by atoms with Gasteiger partial charge in [-0.2, -0.15) is 0 Å². The van der Waals surface area contributed by atoms with Gasteiger partial charge < -0.3 is 4.74 Å². The quantitative estimate of drug-likeness (QED) is 0.447. The number of rotatable bonds is 6. The van der Waals surface area contributed by atoms with Gasteiger partial charge in [-0.25, -0.2) is 8.78 Å². The minimum absolute atomic E-state index is 0.188. The molecule has 4 aliphatic rings. The molecule has 3 aliphatic carbocycles. The lowest BCUT2D eigenvalue weighted by atomic mass is 9.70. The van der Waals surface area contributed by atoms with Crippen LogP contribution in [0.5, 0.6) is 0 Å². The third-order valence-electron chi connectivity index (χ3n) is 8.98. The van der Waals surface area contributed by atoms with Crippen molar-refractivity contribution in [3.05, 3.63) is 34.9 Å². The fourth-order valence-electron chi connectivity index (χ4n) is 7.40. The molecule has 1 aromatic carbocycles. The van der Waals surface area contributed by atoms with E-state index < -0.39 is 11.6 Å². The second-order valence-electron chi connectivity index (χ2n) is 10.4. The van der Waals surface area contributed by atoms with Crippen molar-refractivity contribution in [3.8, 4) is 0 Å². The van der Waals surface area contributed by atoms with E-state index in [0.29, 0.717) is 17.7 Å². The van der Waals surface area contributed by atoms with Crippen LogP contribution in [0.25, 0.3) is 0 Å². The Morgan fingerprint density at radius 1 is 0.828 bits per heavy atom. The lowest BCUT2D eigenvalue weighted by Gasteiger charge is -2.35. The molecule has 4 fully saturated rings. The van der Waals surface area contributed by atoms with Gasteiger partial charge in [-0.3, -0.25) is 0 Å². The van der Waals surface area contributed by atoms with Gasteiger partial charge in [-0.05, 0) is 92.4 Å². The SMILES string of the molecule is CCCCC1CCC2C(C3CCC(c4ccc(C5CO5)c(F)c4F)CC3)CCC12. The number of hydrogen-bond acceptors (Lipinski definition) is 1. The molecule has 5 unspecified atom stereocenters. The summed E-state index contributed by atoms with van der Waals surface area (Å²) in [4.78, 5) is 0. The monoisotopic (exact) mass is 402 g/mol. The molecule has 3 saturated carbocycles. The third kappa shape index (κ3) is 3.77. The molecule has 1 aromatic rings. The molecule has 3 heteroatoms. The fourth-order valence-corrected chi connectivity index (χ4v) is 7.40. The van der Waals surface area contributed by atoms with Gasteiger partial charge in [0.05, 0.1) is 6.61 Å². The van der Waals surface area contributed by atoms with Crippen LogP contribution in [0.1, 0.15) is 101 Å². The van der Waals surface area contributed by atoms with Crippen molar-refractivity contribution in [1.82, 2.24) is 0 Å². The van der Waals surface area contributed by atoms with Gasteiger partial charge in [0.15, 0.2) is 11.6 Å². The smallest absolute Gasteiger partial charge is 0.165 e. The minimum Gasteiger partial charge on any atom is -0.368 e. The highest BCUT2D eigenvalue weighted by Crippen LogP contribution is 2.56. The Balaban J connectivity index is 1.20. The molecule has 5 rings (SSSR count). The zero-order valence-corrected chi connectivity index (χ0v) is 17.8. The minimum atomic E-state index is -0.671. The van der Waals surface area contributed by atoms with Crippen molar-refractivity contribution in [2.45, 2.75) is 89.6 Å². The van der Waals surface area contributed by atoms with Crippen LogP contribution in [0.15, 0.2) is 12.1 Å². The first kappa shape index (κ1) is 20.0. The average Bonchev–Trinajstić information content (AvgIpc) is 3.37. The topological polar surface area (TPSA) is 12.5 Å². The van der Waals surface area contributed by atoms with Crippen LogP contribution in [0.2, 0.25) is 0 Å². The van der Waals surface area contributed by atoms with E-state index in [1.807, 2.05) is 6.07 Å². The predicted octanol–water partition coefficient (Wildman–Crippen LogP) is 7.55. The molecule has 0 bridgehead atoms. The van der Waals surface area contributed by atoms with E-state index >= 15 is 0 Å². The summed E-state index contributed by atoms with van der Waals surface area (Å²) in [6, 6.07) is 3.59. The molecule has 1 nitrogen and oxygen atoms in total. The maximum Gasteiger partial charge on any atom is 0.165 e. The van der Waals surface area contributed by atoms with Crippen LogP contribution in [0.3, 0.4) is 0 Å². The Kier molecular flexibility index (Phi) is 5.71. The normalized spacial score (nSPS) is 38.9. The summed E-state index contributed by atoms with van der Waals surface area (Å²) in [5.74, 6) is 3.58. The first-order valence-corrected chi connectivity index (χ1v) is 12.3. The van der Waals surface area contributed by atoms with Gasteiger partial charge in [0, 0.05) is 5.56 Å².